The Labute approximate surface area is 94.2 Å². The second-order valence-corrected chi connectivity index (χ2v) is 5.97. The number of hydrogen-bond donors (Lipinski definition) is 1. The zero-order chi connectivity index (χ0) is 11.0. The van der Waals surface area contributed by atoms with Gasteiger partial charge in [0.15, 0.2) is 0 Å². The summed E-state index contributed by atoms with van der Waals surface area (Å²) in [6, 6.07) is 0.803. The molecule has 0 radical (unpaired) electrons. The SMILES string of the molecule is CC(N)C(C)N(C)CC1CC2CCC1C2. The van der Waals surface area contributed by atoms with Crippen molar-refractivity contribution in [2.75, 3.05) is 13.6 Å². The van der Waals surface area contributed by atoms with Crippen LogP contribution in [-0.4, -0.2) is 30.6 Å². The van der Waals surface area contributed by atoms with Crippen LogP contribution < -0.4 is 5.73 Å². The molecule has 88 valence electrons. The predicted octanol–water partition coefficient (Wildman–Crippen LogP) is 2.09. The Morgan fingerprint density at radius 3 is 2.47 bits per heavy atom. The maximum Gasteiger partial charge on any atom is 0.0213 e. The summed E-state index contributed by atoms with van der Waals surface area (Å²) in [6.45, 7) is 5.63. The number of rotatable bonds is 4. The smallest absolute Gasteiger partial charge is 0.0213 e. The Hall–Kier alpha value is -0.0800. The molecular formula is C13H26N2. The lowest BCUT2D eigenvalue weighted by Gasteiger charge is -2.32. The zero-order valence-corrected chi connectivity index (χ0v) is 10.4. The van der Waals surface area contributed by atoms with E-state index in [9.17, 15) is 0 Å². The largest absolute Gasteiger partial charge is 0.327 e. The van der Waals surface area contributed by atoms with Gasteiger partial charge in [-0.2, -0.15) is 0 Å². The minimum absolute atomic E-state index is 0.286. The Kier molecular flexibility index (Phi) is 3.36. The lowest BCUT2D eigenvalue weighted by molar-refractivity contribution is 0.168. The van der Waals surface area contributed by atoms with E-state index >= 15 is 0 Å². The van der Waals surface area contributed by atoms with E-state index in [1.165, 1.54) is 32.2 Å². The molecule has 0 aliphatic heterocycles. The molecule has 0 amide bonds. The van der Waals surface area contributed by atoms with E-state index in [0.717, 1.165) is 17.8 Å². The van der Waals surface area contributed by atoms with Gasteiger partial charge in [-0.25, -0.2) is 0 Å². The van der Waals surface area contributed by atoms with Gasteiger partial charge in [-0.15, -0.1) is 0 Å². The van der Waals surface area contributed by atoms with Gasteiger partial charge < -0.3 is 10.6 Å². The highest BCUT2D eigenvalue weighted by atomic mass is 15.1. The summed E-state index contributed by atoms with van der Waals surface area (Å²) >= 11 is 0. The normalized spacial score (nSPS) is 38.6. The molecule has 0 heterocycles. The highest BCUT2D eigenvalue weighted by molar-refractivity contribution is 4.91. The monoisotopic (exact) mass is 210 g/mol. The minimum atomic E-state index is 0.286. The third-order valence-electron chi connectivity index (χ3n) is 4.86. The quantitative estimate of drug-likeness (QED) is 0.770. The first-order valence-corrected chi connectivity index (χ1v) is 6.53. The van der Waals surface area contributed by atoms with E-state index in [1.54, 1.807) is 0 Å². The van der Waals surface area contributed by atoms with E-state index in [-0.39, 0.29) is 6.04 Å². The van der Waals surface area contributed by atoms with Crippen LogP contribution in [0.25, 0.3) is 0 Å². The van der Waals surface area contributed by atoms with Crippen LogP contribution in [0.4, 0.5) is 0 Å². The van der Waals surface area contributed by atoms with Crippen molar-refractivity contribution >= 4 is 0 Å². The minimum Gasteiger partial charge on any atom is -0.327 e. The van der Waals surface area contributed by atoms with Gasteiger partial charge >= 0.3 is 0 Å². The van der Waals surface area contributed by atoms with Crippen molar-refractivity contribution in [1.29, 1.82) is 0 Å². The van der Waals surface area contributed by atoms with Gasteiger partial charge in [0, 0.05) is 18.6 Å². The average molecular weight is 210 g/mol. The van der Waals surface area contributed by atoms with Crippen LogP contribution in [0, 0.1) is 17.8 Å². The molecule has 5 atom stereocenters. The van der Waals surface area contributed by atoms with E-state index in [1.807, 2.05) is 0 Å². The highest BCUT2D eigenvalue weighted by Crippen LogP contribution is 2.48. The van der Waals surface area contributed by atoms with E-state index in [0.29, 0.717) is 6.04 Å². The van der Waals surface area contributed by atoms with Crippen molar-refractivity contribution in [2.24, 2.45) is 23.5 Å². The van der Waals surface area contributed by atoms with E-state index in [2.05, 4.69) is 25.8 Å². The van der Waals surface area contributed by atoms with Gasteiger partial charge in [-0.05, 0) is 57.9 Å². The summed E-state index contributed by atoms with van der Waals surface area (Å²) < 4.78 is 0. The fourth-order valence-electron chi connectivity index (χ4n) is 3.54. The molecule has 2 N–H and O–H groups in total. The first-order chi connectivity index (χ1) is 7.08. The number of nitrogens with two attached hydrogens (primary N) is 1. The third-order valence-corrected chi connectivity index (χ3v) is 4.86. The Morgan fingerprint density at radius 2 is 2.00 bits per heavy atom. The lowest BCUT2D eigenvalue weighted by Crippen LogP contribution is -2.44. The second-order valence-electron chi connectivity index (χ2n) is 5.97. The van der Waals surface area contributed by atoms with Gasteiger partial charge in [0.2, 0.25) is 0 Å². The standard InChI is InChI=1S/C13H26N2/c1-9(14)10(2)15(3)8-13-7-11-4-5-12(13)6-11/h9-13H,4-8,14H2,1-3H3. The fraction of sp³-hybridized carbons (Fsp3) is 1.00. The summed E-state index contributed by atoms with van der Waals surface area (Å²) in [5.41, 5.74) is 5.95. The Bertz CT molecular complexity index is 215. The lowest BCUT2D eigenvalue weighted by atomic mass is 9.88. The molecule has 5 unspecified atom stereocenters. The maximum absolute atomic E-state index is 5.95. The third kappa shape index (κ3) is 2.36. The summed E-state index contributed by atoms with van der Waals surface area (Å²) in [5.74, 6) is 3.08. The van der Waals surface area contributed by atoms with Crippen LogP contribution in [0.5, 0.6) is 0 Å². The summed E-state index contributed by atoms with van der Waals surface area (Å²) in [6.07, 6.45) is 6.01. The Morgan fingerprint density at radius 1 is 1.27 bits per heavy atom. The van der Waals surface area contributed by atoms with Gasteiger partial charge in [-0.1, -0.05) is 6.42 Å². The van der Waals surface area contributed by atoms with Crippen LogP contribution in [-0.2, 0) is 0 Å². The van der Waals surface area contributed by atoms with Crippen LogP contribution >= 0.6 is 0 Å². The molecule has 2 saturated carbocycles. The molecule has 2 nitrogen and oxygen atoms in total. The number of hydrogen-bond acceptors (Lipinski definition) is 2. The van der Waals surface area contributed by atoms with E-state index in [4.69, 9.17) is 5.73 Å². The molecule has 2 bridgehead atoms. The molecule has 0 aromatic rings. The van der Waals surface area contributed by atoms with Crippen molar-refractivity contribution in [3.8, 4) is 0 Å². The van der Waals surface area contributed by atoms with E-state index < -0.39 is 0 Å². The molecule has 2 rings (SSSR count). The molecule has 0 spiro atoms. The molecule has 2 aliphatic rings. The highest BCUT2D eigenvalue weighted by Gasteiger charge is 2.39. The van der Waals surface area contributed by atoms with Gasteiger partial charge in [-0.3, -0.25) is 0 Å². The van der Waals surface area contributed by atoms with Gasteiger partial charge in [0.1, 0.15) is 0 Å². The predicted molar refractivity (Wildman–Crippen MR) is 64.7 cm³/mol. The van der Waals surface area contributed by atoms with Crippen LogP contribution in [0.3, 0.4) is 0 Å². The first-order valence-electron chi connectivity index (χ1n) is 6.53. The average Bonchev–Trinajstić information content (AvgIpc) is 2.77. The first kappa shape index (κ1) is 11.4. The summed E-state index contributed by atoms with van der Waals surface area (Å²) in [7, 11) is 2.24. The summed E-state index contributed by atoms with van der Waals surface area (Å²) in [4.78, 5) is 2.47. The summed E-state index contributed by atoms with van der Waals surface area (Å²) in [5, 5.41) is 0. The van der Waals surface area contributed by atoms with Crippen LogP contribution in [0.15, 0.2) is 0 Å². The number of fused-ring (bicyclic) bond motifs is 2. The molecule has 2 heteroatoms. The van der Waals surface area contributed by atoms with Crippen molar-refractivity contribution in [1.82, 2.24) is 4.90 Å². The van der Waals surface area contributed by atoms with Gasteiger partial charge in [0.25, 0.3) is 0 Å². The molecular weight excluding hydrogens is 184 g/mol. The van der Waals surface area contributed by atoms with Gasteiger partial charge in [0.05, 0.1) is 0 Å². The topological polar surface area (TPSA) is 29.3 Å². The molecule has 2 fully saturated rings. The van der Waals surface area contributed by atoms with Crippen LogP contribution in [0.2, 0.25) is 0 Å². The molecule has 0 aromatic heterocycles. The Balaban J connectivity index is 1.82. The zero-order valence-electron chi connectivity index (χ0n) is 10.4. The number of likely N-dealkylation sites (N-methyl/N-ethyl adjacent to an activating group) is 1. The molecule has 0 saturated heterocycles. The number of nitrogens with zero attached hydrogens (tertiary/aromatic N) is 1. The maximum atomic E-state index is 5.95. The molecule has 15 heavy (non-hydrogen) atoms. The molecule has 2 aliphatic carbocycles. The van der Waals surface area contributed by atoms with Crippen molar-refractivity contribution in [2.45, 2.75) is 51.6 Å². The van der Waals surface area contributed by atoms with Crippen LogP contribution in [0.1, 0.15) is 39.5 Å². The molecule has 0 aromatic carbocycles. The van der Waals surface area contributed by atoms with Crippen molar-refractivity contribution in [3.63, 3.8) is 0 Å². The fourth-order valence-corrected chi connectivity index (χ4v) is 3.54. The van der Waals surface area contributed by atoms with Crippen molar-refractivity contribution in [3.05, 3.63) is 0 Å². The second kappa shape index (κ2) is 4.42. The van der Waals surface area contributed by atoms with Crippen molar-refractivity contribution < 1.29 is 0 Å².